The molecule has 0 spiro atoms. The fourth-order valence-electron chi connectivity index (χ4n) is 1.56. The molecule has 1 heterocycles. The van der Waals surface area contributed by atoms with Crippen molar-refractivity contribution in [2.75, 3.05) is 18.4 Å². The quantitative estimate of drug-likeness (QED) is 0.734. The van der Waals surface area contributed by atoms with Crippen LogP contribution in [0.1, 0.15) is 0 Å². The molecule has 5 nitrogen and oxygen atoms in total. The number of rotatable bonds is 2. The third kappa shape index (κ3) is 2.96. The monoisotopic (exact) mass is 271 g/mol. The number of anilines is 1. The minimum Gasteiger partial charge on any atom is -0.353 e. The molecular formula is C11H11ClFN3O2. The zero-order valence-electron chi connectivity index (χ0n) is 9.30. The molecule has 0 saturated carbocycles. The molecule has 2 rings (SSSR count). The number of benzene rings is 1. The average molecular weight is 272 g/mol. The Kier molecular flexibility index (Phi) is 3.78. The van der Waals surface area contributed by atoms with Crippen LogP contribution in [0.4, 0.5) is 10.1 Å². The highest BCUT2D eigenvalue weighted by Crippen LogP contribution is 2.22. The first-order valence-corrected chi connectivity index (χ1v) is 5.70. The third-order valence-electron chi connectivity index (χ3n) is 2.52. The van der Waals surface area contributed by atoms with Gasteiger partial charge in [0.2, 0.25) is 11.8 Å². The first-order chi connectivity index (χ1) is 8.56. The SMILES string of the molecule is O=C1CNC(C(=O)Nc2ccc(F)cc2Cl)CN1. The molecule has 1 aliphatic rings. The predicted molar refractivity (Wildman–Crippen MR) is 64.8 cm³/mol. The maximum Gasteiger partial charge on any atom is 0.243 e. The minimum absolute atomic E-state index is 0.0925. The first kappa shape index (κ1) is 12.8. The molecule has 1 atom stereocenters. The lowest BCUT2D eigenvalue weighted by Crippen LogP contribution is -2.56. The van der Waals surface area contributed by atoms with Crippen LogP contribution >= 0.6 is 11.6 Å². The number of carbonyl (C=O) groups is 2. The van der Waals surface area contributed by atoms with Gasteiger partial charge in [-0.15, -0.1) is 0 Å². The van der Waals surface area contributed by atoms with Crippen molar-refractivity contribution in [2.24, 2.45) is 0 Å². The molecule has 2 amide bonds. The largest absolute Gasteiger partial charge is 0.353 e. The van der Waals surface area contributed by atoms with Crippen LogP contribution in [0.3, 0.4) is 0 Å². The van der Waals surface area contributed by atoms with Crippen LogP contribution in [0.15, 0.2) is 18.2 Å². The average Bonchev–Trinajstić information content (AvgIpc) is 2.33. The number of hydrogen-bond acceptors (Lipinski definition) is 3. The lowest BCUT2D eigenvalue weighted by atomic mass is 10.2. The summed E-state index contributed by atoms with van der Waals surface area (Å²) in [5, 5.41) is 8.04. The van der Waals surface area contributed by atoms with E-state index in [9.17, 15) is 14.0 Å². The van der Waals surface area contributed by atoms with E-state index >= 15 is 0 Å². The zero-order valence-corrected chi connectivity index (χ0v) is 10.1. The lowest BCUT2D eigenvalue weighted by molar-refractivity contribution is -0.124. The van der Waals surface area contributed by atoms with Gasteiger partial charge in [-0.2, -0.15) is 0 Å². The van der Waals surface area contributed by atoms with Crippen LogP contribution in [0.2, 0.25) is 5.02 Å². The van der Waals surface area contributed by atoms with Gasteiger partial charge in [-0.3, -0.25) is 14.9 Å². The van der Waals surface area contributed by atoms with E-state index in [1.807, 2.05) is 0 Å². The molecule has 3 N–H and O–H groups in total. The molecule has 7 heteroatoms. The Morgan fingerprint density at radius 2 is 2.28 bits per heavy atom. The molecular weight excluding hydrogens is 261 g/mol. The van der Waals surface area contributed by atoms with E-state index in [4.69, 9.17) is 11.6 Å². The zero-order chi connectivity index (χ0) is 13.1. The van der Waals surface area contributed by atoms with Gasteiger partial charge in [-0.25, -0.2) is 4.39 Å². The molecule has 1 aromatic rings. The highest BCUT2D eigenvalue weighted by Gasteiger charge is 2.24. The summed E-state index contributed by atoms with van der Waals surface area (Å²) in [5.74, 6) is -0.955. The fourth-order valence-corrected chi connectivity index (χ4v) is 1.78. The van der Waals surface area contributed by atoms with Gasteiger partial charge in [0.1, 0.15) is 11.9 Å². The van der Waals surface area contributed by atoms with Crippen LogP contribution in [-0.2, 0) is 9.59 Å². The summed E-state index contributed by atoms with van der Waals surface area (Å²) in [6.07, 6.45) is 0. The smallest absolute Gasteiger partial charge is 0.243 e. The van der Waals surface area contributed by atoms with Crippen LogP contribution in [0.25, 0.3) is 0 Å². The summed E-state index contributed by atoms with van der Waals surface area (Å²) < 4.78 is 12.8. The second-order valence-corrected chi connectivity index (χ2v) is 4.26. The first-order valence-electron chi connectivity index (χ1n) is 5.32. The highest BCUT2D eigenvalue weighted by molar-refractivity contribution is 6.33. The van der Waals surface area contributed by atoms with Gasteiger partial charge in [0.25, 0.3) is 0 Å². The predicted octanol–water partition coefficient (Wildman–Crippen LogP) is 0.506. The molecule has 0 aromatic heterocycles. The summed E-state index contributed by atoms with van der Waals surface area (Å²) in [4.78, 5) is 22.7. The van der Waals surface area contributed by atoms with Crippen molar-refractivity contribution in [1.29, 1.82) is 0 Å². The summed E-state index contributed by atoms with van der Waals surface area (Å²) >= 11 is 5.79. The van der Waals surface area contributed by atoms with Crippen molar-refractivity contribution >= 4 is 29.1 Å². The summed E-state index contributed by atoms with van der Waals surface area (Å²) in [7, 11) is 0. The Balaban J connectivity index is 2.00. The fraction of sp³-hybridized carbons (Fsp3) is 0.273. The number of carbonyl (C=O) groups excluding carboxylic acids is 2. The number of piperazine rings is 1. The van der Waals surface area contributed by atoms with E-state index in [-0.39, 0.29) is 29.9 Å². The summed E-state index contributed by atoms with van der Waals surface area (Å²) in [5.41, 5.74) is 0.335. The Hall–Kier alpha value is -1.66. The molecule has 0 aliphatic carbocycles. The van der Waals surface area contributed by atoms with Crippen LogP contribution < -0.4 is 16.0 Å². The van der Waals surface area contributed by atoms with Gasteiger partial charge < -0.3 is 10.6 Å². The molecule has 1 aliphatic heterocycles. The van der Waals surface area contributed by atoms with E-state index in [0.29, 0.717) is 5.69 Å². The second-order valence-electron chi connectivity index (χ2n) is 3.85. The molecule has 0 bridgehead atoms. The Labute approximate surface area is 108 Å². The normalized spacial score (nSPS) is 19.2. The van der Waals surface area contributed by atoms with Gasteiger partial charge in [0, 0.05) is 6.54 Å². The molecule has 1 fully saturated rings. The van der Waals surface area contributed by atoms with Gasteiger partial charge >= 0.3 is 0 Å². The van der Waals surface area contributed by atoms with Crippen molar-refractivity contribution in [1.82, 2.24) is 10.6 Å². The molecule has 1 saturated heterocycles. The Bertz CT molecular complexity index is 485. The summed E-state index contributed by atoms with van der Waals surface area (Å²) in [6, 6.07) is 3.19. The third-order valence-corrected chi connectivity index (χ3v) is 2.83. The highest BCUT2D eigenvalue weighted by atomic mass is 35.5. The number of halogens is 2. The van der Waals surface area contributed by atoms with Gasteiger partial charge in [-0.05, 0) is 18.2 Å². The van der Waals surface area contributed by atoms with E-state index < -0.39 is 11.9 Å². The van der Waals surface area contributed by atoms with E-state index in [0.717, 1.165) is 6.07 Å². The van der Waals surface area contributed by atoms with Crippen LogP contribution in [0, 0.1) is 5.82 Å². The van der Waals surface area contributed by atoms with E-state index in [1.165, 1.54) is 12.1 Å². The van der Waals surface area contributed by atoms with Crippen LogP contribution in [0.5, 0.6) is 0 Å². The minimum atomic E-state index is -0.524. The van der Waals surface area contributed by atoms with Crippen molar-refractivity contribution in [3.05, 3.63) is 29.0 Å². The maximum absolute atomic E-state index is 12.8. The van der Waals surface area contributed by atoms with Crippen molar-refractivity contribution in [3.8, 4) is 0 Å². The van der Waals surface area contributed by atoms with Crippen molar-refractivity contribution in [3.63, 3.8) is 0 Å². The van der Waals surface area contributed by atoms with Crippen molar-refractivity contribution < 1.29 is 14.0 Å². The maximum atomic E-state index is 12.8. The Morgan fingerprint density at radius 3 is 2.89 bits per heavy atom. The van der Waals surface area contributed by atoms with E-state index in [2.05, 4.69) is 16.0 Å². The lowest BCUT2D eigenvalue weighted by Gasteiger charge is -2.23. The van der Waals surface area contributed by atoms with E-state index in [1.54, 1.807) is 0 Å². The number of amides is 2. The molecule has 1 unspecified atom stereocenters. The number of hydrogen-bond donors (Lipinski definition) is 3. The second kappa shape index (κ2) is 5.32. The standard InChI is InChI=1S/C11H11ClFN3O2/c12-7-3-6(13)1-2-8(7)16-11(18)9-4-15-10(17)5-14-9/h1-3,9,14H,4-5H2,(H,15,17)(H,16,18). The molecule has 18 heavy (non-hydrogen) atoms. The molecule has 96 valence electrons. The van der Waals surface area contributed by atoms with Gasteiger partial charge in [-0.1, -0.05) is 11.6 Å². The van der Waals surface area contributed by atoms with Crippen molar-refractivity contribution in [2.45, 2.75) is 6.04 Å². The van der Waals surface area contributed by atoms with Gasteiger partial charge in [0.05, 0.1) is 17.3 Å². The molecule has 1 aromatic carbocycles. The topological polar surface area (TPSA) is 70.2 Å². The van der Waals surface area contributed by atoms with Gasteiger partial charge in [0.15, 0.2) is 0 Å². The molecule has 0 radical (unpaired) electrons. The summed E-state index contributed by atoms with van der Waals surface area (Å²) in [6.45, 7) is 0.304. The number of nitrogens with one attached hydrogen (secondary N) is 3. The Morgan fingerprint density at radius 1 is 1.50 bits per heavy atom. The van der Waals surface area contributed by atoms with Crippen LogP contribution in [-0.4, -0.2) is 30.9 Å².